The topological polar surface area (TPSA) is 85.6 Å². The van der Waals surface area contributed by atoms with E-state index in [9.17, 15) is 14.4 Å². The highest BCUT2D eigenvalue weighted by Gasteiger charge is 2.20. The van der Waals surface area contributed by atoms with E-state index in [1.54, 1.807) is 36.4 Å². The molecule has 7 heteroatoms. The molecule has 0 spiro atoms. The van der Waals surface area contributed by atoms with Crippen molar-refractivity contribution in [2.24, 2.45) is 0 Å². The van der Waals surface area contributed by atoms with Crippen molar-refractivity contribution in [1.29, 1.82) is 0 Å². The van der Waals surface area contributed by atoms with Gasteiger partial charge in [-0.25, -0.2) is 9.59 Å². The van der Waals surface area contributed by atoms with E-state index in [0.717, 1.165) is 25.7 Å². The molecule has 1 aliphatic carbocycles. The Bertz CT molecular complexity index is 1160. The Morgan fingerprint density at radius 2 is 1.77 bits per heavy atom. The van der Waals surface area contributed by atoms with Gasteiger partial charge < -0.3 is 14.5 Å². The quantitative estimate of drug-likeness (QED) is 0.335. The third-order valence-electron chi connectivity index (χ3n) is 5.20. The number of ether oxygens (including phenoxy) is 1. The molecule has 2 aromatic carbocycles. The number of amides is 1. The van der Waals surface area contributed by atoms with Gasteiger partial charge >= 0.3 is 11.6 Å². The van der Waals surface area contributed by atoms with Crippen LogP contribution in [0.4, 0.5) is 0 Å². The predicted octanol–water partition coefficient (Wildman–Crippen LogP) is 4.84. The minimum Gasteiger partial charge on any atom is -0.423 e. The number of carbonyl (C=O) groups is 2. The number of halogens is 1. The van der Waals surface area contributed by atoms with E-state index in [-0.39, 0.29) is 22.9 Å². The van der Waals surface area contributed by atoms with Crippen molar-refractivity contribution in [2.45, 2.75) is 38.1 Å². The van der Waals surface area contributed by atoms with Gasteiger partial charge in [0.1, 0.15) is 16.9 Å². The van der Waals surface area contributed by atoms with Crippen molar-refractivity contribution in [3.63, 3.8) is 0 Å². The van der Waals surface area contributed by atoms with Crippen LogP contribution in [0.3, 0.4) is 0 Å². The Morgan fingerprint density at radius 3 is 2.53 bits per heavy atom. The van der Waals surface area contributed by atoms with Gasteiger partial charge in [0.25, 0.3) is 5.91 Å². The maximum Gasteiger partial charge on any atom is 0.349 e. The normalized spacial score (nSPS) is 14.4. The standard InChI is InChI=1S/C23H20BrNO5/c24-19-9-5-4-8-17(19)22(27)29-16-11-10-14-12-18(23(28)30-20(14)13-16)21(26)25-15-6-2-1-3-7-15/h4-5,8-13,15H,1-3,6-7H2,(H,25,26). The van der Waals surface area contributed by atoms with E-state index in [1.807, 2.05) is 0 Å². The van der Waals surface area contributed by atoms with Crippen molar-refractivity contribution in [3.8, 4) is 5.75 Å². The molecule has 0 bridgehead atoms. The second-order valence-corrected chi connectivity index (χ2v) is 8.18. The van der Waals surface area contributed by atoms with Crippen LogP contribution in [0.1, 0.15) is 52.8 Å². The maximum atomic E-state index is 12.5. The highest BCUT2D eigenvalue weighted by molar-refractivity contribution is 9.10. The zero-order valence-electron chi connectivity index (χ0n) is 16.2. The molecule has 1 fully saturated rings. The van der Waals surface area contributed by atoms with Crippen molar-refractivity contribution >= 4 is 38.8 Å². The van der Waals surface area contributed by atoms with Gasteiger partial charge in [0, 0.05) is 22.0 Å². The van der Waals surface area contributed by atoms with Gasteiger partial charge in [-0.3, -0.25) is 4.79 Å². The Morgan fingerprint density at radius 1 is 1.00 bits per heavy atom. The van der Waals surface area contributed by atoms with Gasteiger partial charge in [0.15, 0.2) is 0 Å². The van der Waals surface area contributed by atoms with Crippen molar-refractivity contribution in [1.82, 2.24) is 5.32 Å². The van der Waals surface area contributed by atoms with E-state index in [0.29, 0.717) is 15.4 Å². The van der Waals surface area contributed by atoms with E-state index < -0.39 is 17.5 Å². The zero-order chi connectivity index (χ0) is 21.1. The molecule has 4 rings (SSSR count). The Kier molecular flexibility index (Phi) is 5.99. The SMILES string of the molecule is O=C(Oc1ccc2cc(C(=O)NC3CCCCC3)c(=O)oc2c1)c1ccccc1Br. The second kappa shape index (κ2) is 8.83. The predicted molar refractivity (Wildman–Crippen MR) is 116 cm³/mol. The summed E-state index contributed by atoms with van der Waals surface area (Å²) >= 11 is 3.32. The van der Waals surface area contributed by atoms with Gasteiger partial charge in [0.05, 0.1) is 5.56 Å². The number of hydrogen-bond acceptors (Lipinski definition) is 5. The molecule has 0 saturated heterocycles. The lowest BCUT2D eigenvalue weighted by atomic mass is 9.95. The first-order chi connectivity index (χ1) is 14.5. The number of rotatable bonds is 4. The summed E-state index contributed by atoms with van der Waals surface area (Å²) in [6.45, 7) is 0. The van der Waals surface area contributed by atoms with E-state index in [2.05, 4.69) is 21.2 Å². The molecule has 1 amide bonds. The number of hydrogen-bond donors (Lipinski definition) is 1. The first-order valence-electron chi connectivity index (χ1n) is 9.87. The van der Waals surface area contributed by atoms with Gasteiger partial charge in [0.2, 0.25) is 0 Å². The van der Waals surface area contributed by atoms with Crippen molar-refractivity contribution in [2.75, 3.05) is 0 Å². The smallest absolute Gasteiger partial charge is 0.349 e. The van der Waals surface area contributed by atoms with Crippen molar-refractivity contribution < 1.29 is 18.7 Å². The first kappa shape index (κ1) is 20.3. The summed E-state index contributed by atoms with van der Waals surface area (Å²) in [5, 5.41) is 3.50. The van der Waals surface area contributed by atoms with Crippen LogP contribution < -0.4 is 15.7 Å². The van der Waals surface area contributed by atoms with Crippen LogP contribution in [-0.2, 0) is 0 Å². The Hall–Kier alpha value is -2.93. The Labute approximate surface area is 181 Å². The molecule has 0 unspecified atom stereocenters. The number of benzene rings is 2. The van der Waals surface area contributed by atoms with Gasteiger partial charge in [-0.15, -0.1) is 0 Å². The summed E-state index contributed by atoms with van der Waals surface area (Å²) in [6.07, 6.45) is 5.20. The molecule has 0 aliphatic heterocycles. The monoisotopic (exact) mass is 469 g/mol. The lowest BCUT2D eigenvalue weighted by molar-refractivity contribution is 0.0733. The maximum absolute atomic E-state index is 12.5. The average Bonchev–Trinajstić information content (AvgIpc) is 2.74. The molecule has 154 valence electrons. The lowest BCUT2D eigenvalue weighted by Gasteiger charge is -2.22. The molecule has 1 N–H and O–H groups in total. The van der Waals surface area contributed by atoms with Gasteiger partial charge in [-0.05, 0) is 59.1 Å². The molecule has 1 aliphatic rings. The molecule has 1 aromatic heterocycles. The van der Waals surface area contributed by atoms with E-state index in [1.165, 1.54) is 18.6 Å². The lowest BCUT2D eigenvalue weighted by Crippen LogP contribution is -2.38. The molecule has 30 heavy (non-hydrogen) atoms. The first-order valence-corrected chi connectivity index (χ1v) is 10.7. The third kappa shape index (κ3) is 4.46. The summed E-state index contributed by atoms with van der Waals surface area (Å²) in [6, 6.07) is 13.3. The van der Waals surface area contributed by atoms with Crippen LogP contribution in [0, 0.1) is 0 Å². The fourth-order valence-electron chi connectivity index (χ4n) is 3.61. The van der Waals surface area contributed by atoms with E-state index >= 15 is 0 Å². The summed E-state index contributed by atoms with van der Waals surface area (Å²) in [5.41, 5.74) is -0.114. The molecule has 1 saturated carbocycles. The van der Waals surface area contributed by atoms with E-state index in [4.69, 9.17) is 9.15 Å². The summed E-state index contributed by atoms with van der Waals surface area (Å²) in [4.78, 5) is 37.3. The fraction of sp³-hybridized carbons (Fsp3) is 0.261. The van der Waals surface area contributed by atoms with Crippen LogP contribution in [-0.4, -0.2) is 17.9 Å². The summed E-state index contributed by atoms with van der Waals surface area (Å²) in [7, 11) is 0. The molecular formula is C23H20BrNO5. The minimum absolute atomic E-state index is 0.0222. The zero-order valence-corrected chi connectivity index (χ0v) is 17.7. The highest BCUT2D eigenvalue weighted by Crippen LogP contribution is 2.24. The van der Waals surface area contributed by atoms with Crippen LogP contribution >= 0.6 is 15.9 Å². The van der Waals surface area contributed by atoms with Crippen LogP contribution in [0.2, 0.25) is 0 Å². The number of esters is 1. The van der Waals surface area contributed by atoms with Crippen LogP contribution in [0.15, 0.2) is 62.2 Å². The molecular weight excluding hydrogens is 450 g/mol. The highest BCUT2D eigenvalue weighted by atomic mass is 79.9. The largest absolute Gasteiger partial charge is 0.423 e. The molecule has 6 nitrogen and oxygen atoms in total. The molecule has 1 heterocycles. The number of fused-ring (bicyclic) bond motifs is 1. The third-order valence-corrected chi connectivity index (χ3v) is 5.89. The second-order valence-electron chi connectivity index (χ2n) is 7.32. The van der Waals surface area contributed by atoms with Crippen molar-refractivity contribution in [3.05, 3.63) is 74.6 Å². The van der Waals surface area contributed by atoms with Gasteiger partial charge in [-0.2, -0.15) is 0 Å². The molecule has 0 atom stereocenters. The summed E-state index contributed by atoms with van der Waals surface area (Å²) < 4.78 is 11.4. The number of nitrogens with one attached hydrogen (secondary N) is 1. The Balaban J connectivity index is 1.55. The fourth-order valence-corrected chi connectivity index (χ4v) is 4.06. The average molecular weight is 470 g/mol. The number of carbonyl (C=O) groups excluding carboxylic acids is 2. The van der Waals surface area contributed by atoms with Gasteiger partial charge in [-0.1, -0.05) is 31.4 Å². The molecule has 0 radical (unpaired) electrons. The van der Waals surface area contributed by atoms with Crippen LogP contribution in [0.25, 0.3) is 11.0 Å². The summed E-state index contributed by atoms with van der Waals surface area (Å²) in [5.74, 6) is -0.708. The van der Waals surface area contributed by atoms with Crippen LogP contribution in [0.5, 0.6) is 5.75 Å². The molecule has 3 aromatic rings. The minimum atomic E-state index is -0.718.